The van der Waals surface area contributed by atoms with Gasteiger partial charge in [-0.05, 0) is 55.3 Å². The van der Waals surface area contributed by atoms with Crippen molar-refractivity contribution in [2.45, 2.75) is 27.3 Å². The lowest BCUT2D eigenvalue weighted by atomic mass is 10.1. The van der Waals surface area contributed by atoms with Gasteiger partial charge in [0.1, 0.15) is 0 Å². The highest BCUT2D eigenvalue weighted by Gasteiger charge is 2.15. The number of aryl methyl sites for hydroxylation is 1. The summed E-state index contributed by atoms with van der Waals surface area (Å²) in [4.78, 5) is 38.7. The molecule has 3 rings (SSSR count). The Labute approximate surface area is 181 Å². The number of para-hydroxylation sites is 1. The molecule has 0 radical (unpaired) electrons. The quantitative estimate of drug-likeness (QED) is 0.591. The Hall–Kier alpha value is -3.87. The van der Waals surface area contributed by atoms with Crippen LogP contribution in [0, 0.1) is 6.92 Å². The molecule has 0 aliphatic rings. The van der Waals surface area contributed by atoms with E-state index in [4.69, 9.17) is 4.42 Å². The molecule has 0 fully saturated rings. The average molecular weight is 419 g/mol. The van der Waals surface area contributed by atoms with Gasteiger partial charge in [0.2, 0.25) is 5.91 Å². The Kier molecular flexibility index (Phi) is 6.87. The predicted molar refractivity (Wildman–Crippen MR) is 119 cm³/mol. The van der Waals surface area contributed by atoms with E-state index in [0.717, 1.165) is 11.1 Å². The van der Waals surface area contributed by atoms with Crippen molar-refractivity contribution < 1.29 is 18.8 Å². The molecule has 0 spiro atoms. The third kappa shape index (κ3) is 5.39. The van der Waals surface area contributed by atoms with Crippen molar-refractivity contribution in [2.24, 2.45) is 0 Å². The molecule has 1 heterocycles. The Morgan fingerprint density at radius 3 is 2.35 bits per heavy atom. The van der Waals surface area contributed by atoms with Gasteiger partial charge in [-0.1, -0.05) is 24.3 Å². The lowest BCUT2D eigenvalue weighted by Gasteiger charge is -2.21. The molecular formula is C24H25N3O4. The number of rotatable bonds is 7. The van der Waals surface area contributed by atoms with Crippen molar-refractivity contribution in [3.05, 3.63) is 83.3 Å². The molecule has 2 N–H and O–H groups in total. The minimum Gasteiger partial charge on any atom is -0.459 e. The zero-order chi connectivity index (χ0) is 22.4. The van der Waals surface area contributed by atoms with Gasteiger partial charge in [-0.3, -0.25) is 14.4 Å². The summed E-state index contributed by atoms with van der Waals surface area (Å²) in [5.74, 6) is -0.542. The van der Waals surface area contributed by atoms with Gasteiger partial charge >= 0.3 is 0 Å². The molecule has 0 saturated carbocycles. The second-order valence-corrected chi connectivity index (χ2v) is 7.11. The molecule has 7 nitrogen and oxygen atoms in total. The number of hydrogen-bond acceptors (Lipinski definition) is 4. The van der Waals surface area contributed by atoms with Crippen LogP contribution in [0.4, 0.5) is 11.4 Å². The second kappa shape index (κ2) is 9.75. The van der Waals surface area contributed by atoms with Crippen molar-refractivity contribution in [3.8, 4) is 0 Å². The van der Waals surface area contributed by atoms with Crippen molar-refractivity contribution in [2.75, 3.05) is 17.2 Å². The standard InChI is InChI=1S/C24H25N3O4/c1-4-27(17(3)28)15-19-8-5-6-9-20(19)25-23(29)18-12-11-16(2)21(14-18)26-24(30)22-10-7-13-31-22/h5-14H,4,15H2,1-3H3,(H,25,29)(H,26,30). The summed E-state index contributed by atoms with van der Waals surface area (Å²) in [6.45, 7) is 6.26. The van der Waals surface area contributed by atoms with Crippen molar-refractivity contribution in [1.29, 1.82) is 0 Å². The van der Waals surface area contributed by atoms with E-state index < -0.39 is 0 Å². The zero-order valence-electron chi connectivity index (χ0n) is 17.8. The fourth-order valence-electron chi connectivity index (χ4n) is 3.12. The van der Waals surface area contributed by atoms with E-state index >= 15 is 0 Å². The SMILES string of the molecule is CCN(Cc1ccccc1NC(=O)c1ccc(C)c(NC(=O)c2ccco2)c1)C(C)=O. The lowest BCUT2D eigenvalue weighted by Crippen LogP contribution is -2.28. The third-order valence-corrected chi connectivity index (χ3v) is 4.95. The number of anilines is 2. The summed E-state index contributed by atoms with van der Waals surface area (Å²) in [5.41, 5.74) is 3.21. The molecule has 0 aliphatic carbocycles. The maximum atomic E-state index is 12.9. The van der Waals surface area contributed by atoms with Gasteiger partial charge in [0, 0.05) is 37.0 Å². The van der Waals surface area contributed by atoms with Crippen molar-refractivity contribution in [3.63, 3.8) is 0 Å². The molecule has 3 amide bonds. The summed E-state index contributed by atoms with van der Waals surface area (Å²) < 4.78 is 5.12. The summed E-state index contributed by atoms with van der Waals surface area (Å²) in [5, 5.41) is 5.69. The van der Waals surface area contributed by atoms with Crippen LogP contribution in [0.3, 0.4) is 0 Å². The number of nitrogens with zero attached hydrogens (tertiary/aromatic N) is 1. The minimum atomic E-state index is -0.389. The normalized spacial score (nSPS) is 10.4. The van der Waals surface area contributed by atoms with Crippen LogP contribution in [-0.2, 0) is 11.3 Å². The Morgan fingerprint density at radius 2 is 1.68 bits per heavy atom. The molecule has 0 bridgehead atoms. The van der Waals surface area contributed by atoms with E-state index in [1.807, 2.05) is 32.0 Å². The van der Waals surface area contributed by atoms with Crippen LogP contribution in [0.2, 0.25) is 0 Å². The molecular weight excluding hydrogens is 394 g/mol. The van der Waals surface area contributed by atoms with Gasteiger partial charge in [-0.25, -0.2) is 0 Å². The number of benzene rings is 2. The van der Waals surface area contributed by atoms with Crippen LogP contribution in [0.1, 0.15) is 45.9 Å². The molecule has 0 atom stereocenters. The first-order valence-corrected chi connectivity index (χ1v) is 9.99. The van der Waals surface area contributed by atoms with E-state index in [2.05, 4.69) is 10.6 Å². The third-order valence-electron chi connectivity index (χ3n) is 4.95. The predicted octanol–water partition coefficient (Wildman–Crippen LogP) is 4.46. The first-order valence-electron chi connectivity index (χ1n) is 9.99. The van der Waals surface area contributed by atoms with Crippen LogP contribution < -0.4 is 10.6 Å². The van der Waals surface area contributed by atoms with E-state index in [1.54, 1.807) is 41.3 Å². The number of amides is 3. The molecule has 3 aromatic rings. The van der Waals surface area contributed by atoms with Gasteiger partial charge in [-0.2, -0.15) is 0 Å². The van der Waals surface area contributed by atoms with Crippen molar-refractivity contribution in [1.82, 2.24) is 4.90 Å². The van der Waals surface area contributed by atoms with Gasteiger partial charge in [0.25, 0.3) is 11.8 Å². The highest BCUT2D eigenvalue weighted by atomic mass is 16.3. The Morgan fingerprint density at radius 1 is 0.935 bits per heavy atom. The van der Waals surface area contributed by atoms with E-state index in [0.29, 0.717) is 30.0 Å². The van der Waals surface area contributed by atoms with Crippen LogP contribution in [0.5, 0.6) is 0 Å². The average Bonchev–Trinajstić information content (AvgIpc) is 3.29. The van der Waals surface area contributed by atoms with Gasteiger partial charge in [-0.15, -0.1) is 0 Å². The van der Waals surface area contributed by atoms with Crippen molar-refractivity contribution >= 4 is 29.1 Å². The summed E-state index contributed by atoms with van der Waals surface area (Å²) >= 11 is 0. The molecule has 7 heteroatoms. The molecule has 0 saturated heterocycles. The van der Waals surface area contributed by atoms with Gasteiger partial charge in [0.15, 0.2) is 5.76 Å². The van der Waals surface area contributed by atoms with Crippen LogP contribution in [0.15, 0.2) is 65.3 Å². The number of carbonyl (C=O) groups excluding carboxylic acids is 3. The largest absolute Gasteiger partial charge is 0.459 e. The molecule has 2 aromatic carbocycles. The van der Waals surface area contributed by atoms with Crippen LogP contribution >= 0.6 is 0 Å². The highest BCUT2D eigenvalue weighted by Crippen LogP contribution is 2.22. The van der Waals surface area contributed by atoms with Gasteiger partial charge < -0.3 is 20.0 Å². The fraction of sp³-hybridized carbons (Fsp3) is 0.208. The van der Waals surface area contributed by atoms with E-state index in [9.17, 15) is 14.4 Å². The van der Waals surface area contributed by atoms with E-state index in [1.165, 1.54) is 13.2 Å². The summed E-state index contributed by atoms with van der Waals surface area (Å²) in [7, 11) is 0. The van der Waals surface area contributed by atoms with Crippen LogP contribution in [0.25, 0.3) is 0 Å². The minimum absolute atomic E-state index is 0.0286. The van der Waals surface area contributed by atoms with Gasteiger partial charge in [0.05, 0.1) is 6.26 Å². The highest BCUT2D eigenvalue weighted by molar-refractivity contribution is 6.07. The first kappa shape index (κ1) is 21.8. The molecule has 1 aromatic heterocycles. The molecule has 0 unspecified atom stereocenters. The summed E-state index contributed by atoms with van der Waals surface area (Å²) in [6.07, 6.45) is 1.43. The molecule has 0 aliphatic heterocycles. The lowest BCUT2D eigenvalue weighted by molar-refractivity contribution is -0.129. The van der Waals surface area contributed by atoms with E-state index in [-0.39, 0.29) is 23.5 Å². The molecule has 160 valence electrons. The number of nitrogens with one attached hydrogen (secondary N) is 2. The maximum absolute atomic E-state index is 12.9. The fourth-order valence-corrected chi connectivity index (χ4v) is 3.12. The maximum Gasteiger partial charge on any atom is 0.291 e. The van der Waals surface area contributed by atoms with Crippen LogP contribution in [-0.4, -0.2) is 29.2 Å². The monoisotopic (exact) mass is 419 g/mol. The Balaban J connectivity index is 1.78. The number of carbonyl (C=O) groups is 3. The first-order chi connectivity index (χ1) is 14.9. The zero-order valence-corrected chi connectivity index (χ0v) is 17.8. The molecule has 31 heavy (non-hydrogen) atoms. The Bertz CT molecular complexity index is 1090. The topological polar surface area (TPSA) is 91.7 Å². The summed E-state index contributed by atoms with van der Waals surface area (Å²) in [6, 6.07) is 15.7. The second-order valence-electron chi connectivity index (χ2n) is 7.11. The number of hydrogen-bond donors (Lipinski definition) is 2. The smallest absolute Gasteiger partial charge is 0.291 e. The number of furan rings is 1.